The molecule has 1 aliphatic carbocycles. The molecule has 4 rings (SSSR count). The number of aryl methyl sites for hydroxylation is 1. The molecule has 2 aromatic rings. The first-order chi connectivity index (χ1) is 14.5. The number of benzene rings is 1. The molecule has 148 valence electrons. The van der Waals surface area contributed by atoms with Gasteiger partial charge in [0.2, 0.25) is 11.8 Å². The van der Waals surface area contributed by atoms with Crippen LogP contribution < -0.4 is 9.88 Å². The Morgan fingerprint density at radius 2 is 1.87 bits per heavy atom. The molecule has 2 aliphatic rings. The summed E-state index contributed by atoms with van der Waals surface area (Å²) in [7, 11) is 0. The van der Waals surface area contributed by atoms with Gasteiger partial charge in [0.15, 0.2) is 11.9 Å². The van der Waals surface area contributed by atoms with Gasteiger partial charge in [-0.25, -0.2) is 0 Å². The summed E-state index contributed by atoms with van der Waals surface area (Å²) < 4.78 is 2.01. The predicted molar refractivity (Wildman–Crippen MR) is 110 cm³/mol. The Balaban J connectivity index is 2.06. The third-order valence-electron chi connectivity index (χ3n) is 6.04. The fraction of sp³-hybridized carbons (Fsp3) is 0.292. The second-order valence-electron chi connectivity index (χ2n) is 7.82. The lowest BCUT2D eigenvalue weighted by Gasteiger charge is -2.43. The molecule has 1 aliphatic heterocycles. The molecular formula is C24H22N5O+. The molecule has 0 amide bonds. The molecule has 1 fully saturated rings. The number of allylic oxidation sites excluding steroid dienone is 2. The van der Waals surface area contributed by atoms with Crippen molar-refractivity contribution in [3.05, 3.63) is 82.8 Å². The highest BCUT2D eigenvalue weighted by molar-refractivity contribution is 5.71. The maximum atomic E-state index is 12.0. The number of hydrogen-bond acceptors (Lipinski definition) is 5. The van der Waals surface area contributed by atoms with Crippen LogP contribution in [0.1, 0.15) is 36.1 Å². The van der Waals surface area contributed by atoms with Gasteiger partial charge in [0, 0.05) is 25.0 Å². The molecule has 0 unspecified atom stereocenters. The molecule has 3 atom stereocenters. The zero-order chi connectivity index (χ0) is 21.3. The molecule has 0 bridgehead atoms. The first kappa shape index (κ1) is 19.6. The Morgan fingerprint density at radius 1 is 1.17 bits per heavy atom. The highest BCUT2D eigenvalue weighted by atomic mass is 16.3. The van der Waals surface area contributed by atoms with Crippen LogP contribution in [0.15, 0.2) is 71.6 Å². The van der Waals surface area contributed by atoms with Crippen molar-refractivity contribution in [2.75, 3.05) is 0 Å². The van der Waals surface area contributed by atoms with E-state index in [0.717, 1.165) is 24.1 Å². The highest BCUT2D eigenvalue weighted by Gasteiger charge is 2.61. The van der Waals surface area contributed by atoms with Crippen LogP contribution in [0.3, 0.4) is 0 Å². The van der Waals surface area contributed by atoms with Crippen LogP contribution >= 0.6 is 0 Å². The lowest BCUT2D eigenvalue weighted by Crippen LogP contribution is -2.66. The standard InChI is InChI=1S/C24H22N5O/c1-16-7-5-6-12-29(16)23-21(17-8-3-2-4-9-17)20(15-27)22(18(13-25)14-26)28-24(23,30)19-10-11-19/h2-9,12,19,21,23,25,28,30H,10-11H2,1H3/q+1/t21-,23+,24-/m1/s1. The zero-order valence-corrected chi connectivity index (χ0v) is 16.6. The minimum Gasteiger partial charge on any atom is -0.365 e. The van der Waals surface area contributed by atoms with Crippen molar-refractivity contribution >= 4 is 5.87 Å². The molecule has 1 aromatic carbocycles. The fourth-order valence-electron chi connectivity index (χ4n) is 4.48. The number of hydrogen-bond donors (Lipinski definition) is 3. The third kappa shape index (κ3) is 3.09. The van der Waals surface area contributed by atoms with Crippen LogP contribution in [0.2, 0.25) is 0 Å². The molecule has 6 nitrogen and oxygen atoms in total. The minimum atomic E-state index is -1.38. The minimum absolute atomic E-state index is 0.0262. The van der Waals surface area contributed by atoms with Crippen molar-refractivity contribution in [1.82, 2.24) is 5.32 Å². The van der Waals surface area contributed by atoms with Crippen LogP contribution in [-0.2, 0) is 0 Å². The Hall–Kier alpha value is -3.70. The highest BCUT2D eigenvalue weighted by Crippen LogP contribution is 2.52. The van der Waals surface area contributed by atoms with Gasteiger partial charge in [0.1, 0.15) is 11.6 Å². The first-order valence-corrected chi connectivity index (χ1v) is 9.91. The number of nitrogens with zero attached hydrogens (tertiary/aromatic N) is 3. The molecule has 6 heteroatoms. The van der Waals surface area contributed by atoms with Crippen molar-refractivity contribution in [2.45, 2.75) is 37.5 Å². The topological polar surface area (TPSA) is 108 Å². The smallest absolute Gasteiger partial charge is 0.217 e. The van der Waals surface area contributed by atoms with Gasteiger partial charge in [0.05, 0.1) is 23.3 Å². The first-order valence-electron chi connectivity index (χ1n) is 9.91. The summed E-state index contributed by atoms with van der Waals surface area (Å²) >= 11 is 0. The zero-order valence-electron chi connectivity index (χ0n) is 16.6. The lowest BCUT2D eigenvalue weighted by atomic mass is 9.73. The van der Waals surface area contributed by atoms with Gasteiger partial charge in [-0.15, -0.1) is 0 Å². The molecular weight excluding hydrogens is 374 g/mol. The van der Waals surface area contributed by atoms with Crippen LogP contribution in [0.25, 0.3) is 0 Å². The van der Waals surface area contributed by atoms with Crippen molar-refractivity contribution < 1.29 is 9.67 Å². The van der Waals surface area contributed by atoms with E-state index in [1.54, 1.807) is 0 Å². The van der Waals surface area contributed by atoms with E-state index in [9.17, 15) is 15.6 Å². The van der Waals surface area contributed by atoms with Crippen LogP contribution in [0, 0.1) is 40.9 Å². The second kappa shape index (κ2) is 7.61. The summed E-state index contributed by atoms with van der Waals surface area (Å²) in [6.07, 6.45) is 3.61. The molecule has 1 aromatic heterocycles. The third-order valence-corrected chi connectivity index (χ3v) is 6.04. The van der Waals surface area contributed by atoms with E-state index < -0.39 is 17.7 Å². The quantitative estimate of drug-likeness (QED) is 0.419. The van der Waals surface area contributed by atoms with E-state index in [4.69, 9.17) is 5.41 Å². The van der Waals surface area contributed by atoms with Gasteiger partial charge in [-0.05, 0) is 24.3 Å². The van der Waals surface area contributed by atoms with Gasteiger partial charge in [-0.2, -0.15) is 15.1 Å². The van der Waals surface area contributed by atoms with E-state index in [0.29, 0.717) is 5.57 Å². The second-order valence-corrected chi connectivity index (χ2v) is 7.82. The summed E-state index contributed by atoms with van der Waals surface area (Å²) in [5.74, 6) is 1.61. The number of nitrogens with one attached hydrogen (secondary N) is 2. The summed E-state index contributed by atoms with van der Waals surface area (Å²) in [6, 6.07) is 19.1. The Kier molecular flexibility index (Phi) is 4.98. The van der Waals surface area contributed by atoms with Crippen LogP contribution in [0.5, 0.6) is 0 Å². The maximum absolute atomic E-state index is 12.0. The Labute approximate surface area is 175 Å². The molecule has 3 N–H and O–H groups in total. The van der Waals surface area contributed by atoms with E-state index >= 15 is 0 Å². The summed E-state index contributed by atoms with van der Waals surface area (Å²) in [4.78, 5) is 0. The molecule has 0 spiro atoms. The molecule has 1 saturated carbocycles. The van der Waals surface area contributed by atoms with E-state index in [2.05, 4.69) is 17.3 Å². The monoisotopic (exact) mass is 396 g/mol. The number of aliphatic hydroxyl groups is 1. The molecule has 0 saturated heterocycles. The van der Waals surface area contributed by atoms with Crippen molar-refractivity contribution in [2.24, 2.45) is 5.92 Å². The van der Waals surface area contributed by atoms with Crippen LogP contribution in [-0.4, -0.2) is 16.7 Å². The van der Waals surface area contributed by atoms with Gasteiger partial charge in [-0.1, -0.05) is 36.4 Å². The van der Waals surface area contributed by atoms with Gasteiger partial charge in [0.25, 0.3) is 0 Å². The maximum Gasteiger partial charge on any atom is 0.217 e. The Bertz CT molecular complexity index is 1150. The van der Waals surface area contributed by atoms with Gasteiger partial charge < -0.3 is 10.4 Å². The average molecular weight is 396 g/mol. The summed E-state index contributed by atoms with van der Waals surface area (Å²) in [6.45, 7) is 1.97. The number of aromatic nitrogens is 1. The normalized spacial score (nSPS) is 25.5. The van der Waals surface area contributed by atoms with E-state index in [-0.39, 0.29) is 17.2 Å². The summed E-state index contributed by atoms with van der Waals surface area (Å²) in [5.41, 5.74) is 0.877. The molecule has 2 heterocycles. The Morgan fingerprint density at radius 3 is 2.43 bits per heavy atom. The predicted octanol–water partition coefficient (Wildman–Crippen LogP) is 2.79. The number of rotatable bonds is 4. The largest absolute Gasteiger partial charge is 0.365 e. The summed E-state index contributed by atoms with van der Waals surface area (Å²) in [5, 5.41) is 42.4. The van der Waals surface area contributed by atoms with Crippen molar-refractivity contribution in [3.8, 4) is 12.1 Å². The lowest BCUT2D eigenvalue weighted by molar-refractivity contribution is -0.747. The molecule has 30 heavy (non-hydrogen) atoms. The number of pyridine rings is 1. The van der Waals surface area contributed by atoms with Crippen molar-refractivity contribution in [1.29, 1.82) is 15.9 Å². The van der Waals surface area contributed by atoms with E-state index in [1.165, 1.54) is 0 Å². The van der Waals surface area contributed by atoms with Crippen LogP contribution in [0.4, 0.5) is 0 Å². The average Bonchev–Trinajstić information content (AvgIpc) is 3.62. The van der Waals surface area contributed by atoms with Gasteiger partial charge >= 0.3 is 0 Å². The SMILES string of the molecule is Cc1cccc[n+]1[C@H]1[C@H](c2ccccc2)C(C#N)=C(C(=C=N)C#N)N[C@@]1(O)C1CC1. The van der Waals surface area contributed by atoms with Gasteiger partial charge in [-0.3, -0.25) is 5.41 Å². The van der Waals surface area contributed by atoms with E-state index in [1.807, 2.05) is 72.3 Å². The van der Waals surface area contributed by atoms with Crippen molar-refractivity contribution in [3.63, 3.8) is 0 Å². The molecule has 0 radical (unpaired) electrons. The fourth-order valence-corrected chi connectivity index (χ4v) is 4.48. The number of nitriles is 2.